The van der Waals surface area contributed by atoms with Crippen molar-refractivity contribution >= 4 is 17.6 Å². The van der Waals surface area contributed by atoms with Gasteiger partial charge in [-0.05, 0) is 12.8 Å². The van der Waals surface area contributed by atoms with Gasteiger partial charge in [0.2, 0.25) is 5.91 Å². The zero-order valence-electron chi connectivity index (χ0n) is 14.7. The van der Waals surface area contributed by atoms with E-state index >= 15 is 0 Å². The molecule has 1 aliphatic carbocycles. The molecule has 1 spiro atoms. The van der Waals surface area contributed by atoms with Crippen molar-refractivity contribution in [3.8, 4) is 5.75 Å². The standard InChI is InChI=1S/C18H19F4NO4/c1-26-14(24)9-27-11-7-12(19)15-13(8-11)23(10-18(20,21)22)16(25)17(15)5-3-2-4-6-17/h7-8H,2-6,9-10H2,1H3. The minimum absolute atomic E-state index is 0.00173. The van der Waals surface area contributed by atoms with Crippen LogP contribution < -0.4 is 9.64 Å². The Kier molecular flexibility index (Phi) is 5.05. The second kappa shape index (κ2) is 7.01. The highest BCUT2D eigenvalue weighted by molar-refractivity contribution is 6.08. The normalized spacial score (nSPS) is 18.6. The number of halogens is 4. The molecule has 1 aliphatic heterocycles. The maximum absolute atomic E-state index is 14.9. The Labute approximate surface area is 153 Å². The van der Waals surface area contributed by atoms with Gasteiger partial charge in [0.1, 0.15) is 18.1 Å². The minimum Gasteiger partial charge on any atom is -0.482 e. The Morgan fingerprint density at radius 1 is 1.22 bits per heavy atom. The Morgan fingerprint density at radius 3 is 2.48 bits per heavy atom. The maximum atomic E-state index is 14.9. The van der Waals surface area contributed by atoms with E-state index in [2.05, 4.69) is 4.74 Å². The van der Waals surface area contributed by atoms with Gasteiger partial charge < -0.3 is 14.4 Å². The van der Waals surface area contributed by atoms with Crippen molar-refractivity contribution in [1.82, 2.24) is 0 Å². The van der Waals surface area contributed by atoms with Crippen molar-refractivity contribution in [2.24, 2.45) is 0 Å². The number of hydrogen-bond donors (Lipinski definition) is 0. The number of benzene rings is 1. The summed E-state index contributed by atoms with van der Waals surface area (Å²) in [5, 5.41) is 0. The number of nitrogens with zero attached hydrogens (tertiary/aromatic N) is 1. The van der Waals surface area contributed by atoms with Gasteiger partial charge in [0.25, 0.3) is 0 Å². The summed E-state index contributed by atoms with van der Waals surface area (Å²) in [7, 11) is 1.14. The molecular weight excluding hydrogens is 370 g/mol. The highest BCUT2D eigenvalue weighted by Gasteiger charge is 2.54. The molecule has 1 heterocycles. The van der Waals surface area contributed by atoms with E-state index in [1.807, 2.05) is 0 Å². The van der Waals surface area contributed by atoms with E-state index in [9.17, 15) is 27.2 Å². The highest BCUT2D eigenvalue weighted by atomic mass is 19.4. The van der Waals surface area contributed by atoms with Gasteiger partial charge in [-0.15, -0.1) is 0 Å². The summed E-state index contributed by atoms with van der Waals surface area (Å²) in [6.07, 6.45) is -1.87. The van der Waals surface area contributed by atoms with Crippen LogP contribution in [0.15, 0.2) is 12.1 Å². The van der Waals surface area contributed by atoms with E-state index in [4.69, 9.17) is 4.74 Å². The Balaban J connectivity index is 2.04. The van der Waals surface area contributed by atoms with Gasteiger partial charge in [-0.25, -0.2) is 9.18 Å². The number of esters is 1. The van der Waals surface area contributed by atoms with Gasteiger partial charge in [0, 0.05) is 17.7 Å². The number of hydrogen-bond acceptors (Lipinski definition) is 4. The molecule has 0 radical (unpaired) electrons. The van der Waals surface area contributed by atoms with Crippen LogP contribution in [0.3, 0.4) is 0 Å². The van der Waals surface area contributed by atoms with Crippen molar-refractivity contribution in [3.05, 3.63) is 23.5 Å². The van der Waals surface area contributed by atoms with E-state index in [0.717, 1.165) is 19.6 Å². The van der Waals surface area contributed by atoms with E-state index < -0.39 is 42.4 Å². The lowest BCUT2D eigenvalue weighted by molar-refractivity contribution is -0.142. The fraction of sp³-hybridized carbons (Fsp3) is 0.556. The lowest BCUT2D eigenvalue weighted by atomic mass is 9.70. The number of carbonyl (C=O) groups is 2. The lowest BCUT2D eigenvalue weighted by Gasteiger charge is -2.32. The quantitative estimate of drug-likeness (QED) is 0.584. The first-order valence-corrected chi connectivity index (χ1v) is 8.60. The third kappa shape index (κ3) is 3.59. The third-order valence-electron chi connectivity index (χ3n) is 5.10. The number of alkyl halides is 3. The number of ether oxygens (including phenoxy) is 2. The molecule has 1 aromatic carbocycles. The van der Waals surface area contributed by atoms with E-state index in [-0.39, 0.29) is 17.0 Å². The van der Waals surface area contributed by atoms with E-state index in [1.165, 1.54) is 6.07 Å². The summed E-state index contributed by atoms with van der Waals surface area (Å²) in [6, 6.07) is 2.19. The monoisotopic (exact) mass is 389 g/mol. The molecule has 0 aromatic heterocycles. The molecule has 1 fully saturated rings. The van der Waals surface area contributed by atoms with Crippen molar-refractivity contribution < 1.29 is 36.6 Å². The largest absolute Gasteiger partial charge is 0.482 e. The number of methoxy groups -OCH3 is 1. The van der Waals surface area contributed by atoms with Crippen LogP contribution in [-0.4, -0.2) is 38.3 Å². The van der Waals surface area contributed by atoms with Crippen molar-refractivity contribution in [2.75, 3.05) is 25.2 Å². The van der Waals surface area contributed by atoms with Crippen molar-refractivity contribution in [2.45, 2.75) is 43.7 Å². The average molecular weight is 389 g/mol. The van der Waals surface area contributed by atoms with Crippen LogP contribution in [0.25, 0.3) is 0 Å². The molecule has 27 heavy (non-hydrogen) atoms. The maximum Gasteiger partial charge on any atom is 0.406 e. The van der Waals surface area contributed by atoms with Crippen LogP contribution in [0.1, 0.15) is 37.7 Å². The molecule has 0 atom stereocenters. The molecule has 0 saturated heterocycles. The van der Waals surface area contributed by atoms with Crippen LogP contribution in [0.4, 0.5) is 23.2 Å². The first-order chi connectivity index (χ1) is 12.7. The minimum atomic E-state index is -4.63. The van der Waals surface area contributed by atoms with Gasteiger partial charge in [-0.1, -0.05) is 19.3 Å². The topological polar surface area (TPSA) is 55.8 Å². The molecule has 0 bridgehead atoms. The number of anilines is 1. The summed E-state index contributed by atoms with van der Waals surface area (Å²) < 4.78 is 63.6. The summed E-state index contributed by atoms with van der Waals surface area (Å²) in [6.45, 7) is -2.02. The Hall–Kier alpha value is -2.32. The summed E-state index contributed by atoms with van der Waals surface area (Å²) in [5.74, 6) is -2.38. The SMILES string of the molecule is COC(=O)COc1cc(F)c2c(c1)N(CC(F)(F)F)C(=O)C21CCCCC1. The second-order valence-electron chi connectivity index (χ2n) is 6.81. The number of rotatable bonds is 4. The van der Waals surface area contributed by atoms with Gasteiger partial charge in [0.15, 0.2) is 6.61 Å². The molecule has 0 unspecified atom stereocenters. The molecule has 1 saturated carbocycles. The van der Waals surface area contributed by atoms with Gasteiger partial charge in [-0.3, -0.25) is 4.79 Å². The molecular formula is C18H19F4NO4. The summed E-state index contributed by atoms with van der Waals surface area (Å²) in [4.78, 5) is 24.7. The Morgan fingerprint density at radius 2 is 1.89 bits per heavy atom. The number of carbonyl (C=O) groups excluding carboxylic acids is 2. The molecule has 1 aromatic rings. The molecule has 3 rings (SSSR count). The fourth-order valence-electron chi connectivity index (χ4n) is 3.97. The zero-order chi connectivity index (χ0) is 19.8. The number of amides is 1. The second-order valence-corrected chi connectivity index (χ2v) is 6.81. The fourth-order valence-corrected chi connectivity index (χ4v) is 3.97. The lowest BCUT2D eigenvalue weighted by Crippen LogP contribution is -2.45. The van der Waals surface area contributed by atoms with Gasteiger partial charge in [0.05, 0.1) is 18.2 Å². The van der Waals surface area contributed by atoms with E-state index in [1.54, 1.807) is 0 Å². The first-order valence-electron chi connectivity index (χ1n) is 8.60. The van der Waals surface area contributed by atoms with Gasteiger partial charge >= 0.3 is 12.1 Å². The molecule has 1 amide bonds. The zero-order valence-corrected chi connectivity index (χ0v) is 14.7. The predicted molar refractivity (Wildman–Crippen MR) is 87.1 cm³/mol. The first kappa shape index (κ1) is 19.4. The summed E-state index contributed by atoms with van der Waals surface area (Å²) in [5.41, 5.74) is -1.40. The Bertz CT molecular complexity index is 756. The molecule has 9 heteroatoms. The third-order valence-corrected chi connectivity index (χ3v) is 5.10. The van der Waals surface area contributed by atoms with Crippen molar-refractivity contribution in [1.29, 1.82) is 0 Å². The molecule has 0 N–H and O–H groups in total. The molecule has 2 aliphatic rings. The average Bonchev–Trinajstić information content (AvgIpc) is 2.82. The predicted octanol–water partition coefficient (Wildman–Crippen LogP) is 3.49. The van der Waals surface area contributed by atoms with E-state index in [0.29, 0.717) is 30.6 Å². The number of fused-ring (bicyclic) bond motifs is 2. The van der Waals surface area contributed by atoms with Crippen LogP contribution in [-0.2, 0) is 19.7 Å². The highest BCUT2D eigenvalue weighted by Crippen LogP contribution is 2.52. The molecule has 148 valence electrons. The van der Waals surface area contributed by atoms with Gasteiger partial charge in [-0.2, -0.15) is 13.2 Å². The smallest absolute Gasteiger partial charge is 0.406 e. The van der Waals surface area contributed by atoms with Crippen LogP contribution in [0, 0.1) is 5.82 Å². The van der Waals surface area contributed by atoms with Crippen LogP contribution in [0.2, 0.25) is 0 Å². The van der Waals surface area contributed by atoms with Crippen LogP contribution in [0.5, 0.6) is 5.75 Å². The van der Waals surface area contributed by atoms with Crippen LogP contribution >= 0.6 is 0 Å². The molecule has 5 nitrogen and oxygen atoms in total. The van der Waals surface area contributed by atoms with Crippen molar-refractivity contribution in [3.63, 3.8) is 0 Å². The summed E-state index contributed by atoms with van der Waals surface area (Å²) >= 11 is 0.